The Hall–Kier alpha value is -2.93. The van der Waals surface area contributed by atoms with Gasteiger partial charge >= 0.3 is 6.03 Å². The maximum Gasteiger partial charge on any atom is 0.344 e. The van der Waals surface area contributed by atoms with Crippen molar-refractivity contribution in [3.63, 3.8) is 0 Å². The van der Waals surface area contributed by atoms with E-state index < -0.39 is 17.5 Å². The van der Waals surface area contributed by atoms with Gasteiger partial charge in [0.2, 0.25) is 0 Å². The fraction of sp³-hybridized carbons (Fsp3) is 0.286. The highest BCUT2D eigenvalue weighted by Crippen LogP contribution is 2.27. The van der Waals surface area contributed by atoms with Gasteiger partial charge in [-0.25, -0.2) is 4.79 Å². The minimum atomic E-state index is -1.14. The van der Waals surface area contributed by atoms with E-state index in [1.165, 1.54) is 5.56 Å². The maximum absolute atomic E-state index is 12.9. The van der Waals surface area contributed by atoms with Crippen molar-refractivity contribution in [2.75, 3.05) is 5.32 Å². The number of aryl methyl sites for hydroxylation is 1. The summed E-state index contributed by atoms with van der Waals surface area (Å²) in [6.07, 6.45) is 3.35. The summed E-state index contributed by atoms with van der Waals surface area (Å²) in [4.78, 5) is 25.2. The summed E-state index contributed by atoms with van der Waals surface area (Å²) in [6.45, 7) is 3.84. The monoisotopic (exact) mass is 396 g/mol. The van der Waals surface area contributed by atoms with Gasteiger partial charge in [0.1, 0.15) is 5.54 Å². The molecule has 1 aliphatic rings. The highest BCUT2D eigenvalue weighted by Gasteiger charge is 2.49. The minimum Gasteiger partial charge on any atom is -0.331 e. The van der Waals surface area contributed by atoms with E-state index in [2.05, 4.69) is 23.0 Å². The molecule has 3 N–H and O–H groups in total. The number of benzene rings is 2. The number of carbonyl (C=O) groups excluding carboxylic acids is 2. The van der Waals surface area contributed by atoms with E-state index >= 15 is 0 Å². The number of imide groups is 1. The van der Waals surface area contributed by atoms with Crippen LogP contribution in [0.3, 0.4) is 0 Å². The Morgan fingerprint density at radius 1 is 1.11 bits per heavy atom. The molecule has 6 nitrogen and oxygen atoms in total. The van der Waals surface area contributed by atoms with Crippen molar-refractivity contribution in [1.29, 1.82) is 0 Å². The first-order valence-electron chi connectivity index (χ1n) is 9.33. The Labute approximate surface area is 170 Å². The number of hydrazine groups is 1. The molecule has 0 radical (unpaired) electrons. The van der Waals surface area contributed by atoms with Crippen LogP contribution in [-0.2, 0) is 16.8 Å². The van der Waals surface area contributed by atoms with Crippen LogP contribution in [0.1, 0.15) is 37.8 Å². The highest BCUT2D eigenvalue weighted by atomic mass is 32.1. The fourth-order valence-corrected chi connectivity index (χ4v) is 3.31. The van der Waals surface area contributed by atoms with Gasteiger partial charge in [-0.2, -0.15) is 5.01 Å². The van der Waals surface area contributed by atoms with Crippen LogP contribution in [0.15, 0.2) is 54.6 Å². The smallest absolute Gasteiger partial charge is 0.331 e. The Morgan fingerprint density at radius 3 is 2.43 bits per heavy atom. The Bertz CT molecular complexity index is 870. The fourth-order valence-electron chi connectivity index (χ4n) is 3.10. The molecule has 0 unspecified atom stereocenters. The molecule has 0 saturated carbocycles. The maximum atomic E-state index is 12.9. The van der Waals surface area contributed by atoms with Gasteiger partial charge in [0.05, 0.1) is 0 Å². The van der Waals surface area contributed by atoms with Crippen LogP contribution in [0.25, 0.3) is 0 Å². The second-order valence-electron chi connectivity index (χ2n) is 6.93. The van der Waals surface area contributed by atoms with Crippen LogP contribution in [0.5, 0.6) is 0 Å². The summed E-state index contributed by atoms with van der Waals surface area (Å²) < 4.78 is 0. The van der Waals surface area contributed by atoms with E-state index in [-0.39, 0.29) is 5.11 Å². The number of urea groups is 1. The summed E-state index contributed by atoms with van der Waals surface area (Å²) in [7, 11) is 0. The molecule has 7 heteroatoms. The van der Waals surface area contributed by atoms with Gasteiger partial charge in [-0.1, -0.05) is 55.8 Å². The van der Waals surface area contributed by atoms with Crippen LogP contribution in [0.2, 0.25) is 0 Å². The number of nitrogens with one attached hydrogen (secondary N) is 3. The van der Waals surface area contributed by atoms with E-state index in [0.29, 0.717) is 5.56 Å². The zero-order valence-electron chi connectivity index (χ0n) is 16.0. The van der Waals surface area contributed by atoms with Gasteiger partial charge in [-0.3, -0.25) is 10.2 Å². The standard InChI is InChI=1S/C21H24N4O2S/c1-3-4-8-15-11-13-17(14-12-15)22-19(28)24-25-18(26)21(2,23-20(25)27)16-9-6-5-7-10-16/h5-7,9-14H,3-4,8H2,1-2H3,(H,23,27)(H2,22,24,28)/t21-/m1/s1. The minimum absolute atomic E-state index is 0.169. The lowest BCUT2D eigenvalue weighted by molar-refractivity contribution is -0.132. The second-order valence-corrected chi connectivity index (χ2v) is 7.34. The lowest BCUT2D eigenvalue weighted by Gasteiger charge is -2.22. The lowest BCUT2D eigenvalue weighted by Crippen LogP contribution is -2.49. The number of hydrogen-bond acceptors (Lipinski definition) is 3. The third-order valence-corrected chi connectivity index (χ3v) is 4.98. The number of anilines is 1. The second kappa shape index (κ2) is 8.39. The van der Waals surface area contributed by atoms with Crippen LogP contribution < -0.4 is 16.1 Å². The molecule has 0 aliphatic carbocycles. The zero-order chi connectivity index (χ0) is 20.1. The summed E-state index contributed by atoms with van der Waals surface area (Å²) >= 11 is 5.28. The molecule has 3 amide bonds. The lowest BCUT2D eigenvalue weighted by atomic mass is 9.92. The predicted molar refractivity (Wildman–Crippen MR) is 114 cm³/mol. The first-order chi connectivity index (χ1) is 13.4. The molecular weight excluding hydrogens is 372 g/mol. The number of carbonyl (C=O) groups is 2. The van der Waals surface area contributed by atoms with Gasteiger partial charge in [-0.05, 0) is 55.2 Å². The summed E-state index contributed by atoms with van der Waals surface area (Å²) in [5.41, 5.74) is 4.31. The zero-order valence-corrected chi connectivity index (χ0v) is 16.8. The Morgan fingerprint density at radius 2 is 1.79 bits per heavy atom. The molecule has 1 aliphatic heterocycles. The quantitative estimate of drug-likeness (QED) is 0.513. The highest BCUT2D eigenvalue weighted by molar-refractivity contribution is 7.80. The van der Waals surface area contributed by atoms with Crippen molar-refractivity contribution < 1.29 is 9.59 Å². The Balaban J connectivity index is 1.64. The number of hydrogen-bond donors (Lipinski definition) is 3. The normalized spacial score (nSPS) is 18.7. The molecule has 1 heterocycles. The Kier molecular flexibility index (Phi) is 5.94. The van der Waals surface area contributed by atoms with Crippen molar-refractivity contribution in [2.45, 2.75) is 38.6 Å². The number of nitrogens with zero attached hydrogens (tertiary/aromatic N) is 1. The van der Waals surface area contributed by atoms with Crippen molar-refractivity contribution >= 4 is 35.0 Å². The molecule has 28 heavy (non-hydrogen) atoms. The van der Waals surface area contributed by atoms with Gasteiger partial charge in [0.25, 0.3) is 5.91 Å². The van der Waals surface area contributed by atoms with Crippen LogP contribution in [0, 0.1) is 0 Å². The molecule has 2 aromatic rings. The molecule has 146 valence electrons. The number of rotatable bonds is 6. The van der Waals surface area contributed by atoms with Crippen molar-refractivity contribution in [2.24, 2.45) is 0 Å². The van der Waals surface area contributed by atoms with Gasteiger partial charge in [0, 0.05) is 5.69 Å². The first-order valence-corrected chi connectivity index (χ1v) is 9.73. The van der Waals surface area contributed by atoms with Crippen LogP contribution in [-0.4, -0.2) is 22.1 Å². The first kappa shape index (κ1) is 19.8. The van der Waals surface area contributed by atoms with E-state index in [0.717, 1.165) is 30.0 Å². The van der Waals surface area contributed by atoms with E-state index in [1.54, 1.807) is 19.1 Å². The number of thiocarbonyl (C=S) groups is 1. The largest absolute Gasteiger partial charge is 0.344 e. The number of amides is 3. The summed E-state index contributed by atoms with van der Waals surface area (Å²) in [5.74, 6) is -0.414. The molecule has 0 spiro atoms. The molecule has 0 bridgehead atoms. The topological polar surface area (TPSA) is 73.5 Å². The van der Waals surface area contributed by atoms with Gasteiger partial charge in [0.15, 0.2) is 5.11 Å². The SMILES string of the molecule is CCCCc1ccc(NC(=S)NN2C(=O)N[C@](C)(c3ccccc3)C2=O)cc1. The van der Waals surface area contributed by atoms with E-state index in [4.69, 9.17) is 12.2 Å². The van der Waals surface area contributed by atoms with E-state index in [1.807, 2.05) is 42.5 Å². The van der Waals surface area contributed by atoms with Crippen molar-refractivity contribution in [3.05, 3.63) is 65.7 Å². The van der Waals surface area contributed by atoms with Crippen LogP contribution >= 0.6 is 12.2 Å². The van der Waals surface area contributed by atoms with Crippen LogP contribution in [0.4, 0.5) is 10.5 Å². The van der Waals surface area contributed by atoms with Crippen molar-refractivity contribution in [3.8, 4) is 0 Å². The van der Waals surface area contributed by atoms with Crippen molar-refractivity contribution in [1.82, 2.24) is 15.8 Å². The molecule has 1 fully saturated rings. The molecule has 1 atom stereocenters. The predicted octanol–water partition coefficient (Wildman–Crippen LogP) is 3.70. The summed E-state index contributed by atoms with van der Waals surface area (Å²) in [6, 6.07) is 16.5. The van der Waals surface area contributed by atoms with Gasteiger partial charge in [-0.15, -0.1) is 0 Å². The molecule has 0 aromatic heterocycles. The molecule has 2 aromatic carbocycles. The average molecular weight is 397 g/mol. The molecule has 3 rings (SSSR count). The molecular formula is C21H24N4O2S. The average Bonchev–Trinajstić information content (AvgIpc) is 2.92. The third-order valence-electron chi connectivity index (χ3n) is 4.79. The van der Waals surface area contributed by atoms with E-state index in [9.17, 15) is 9.59 Å². The van der Waals surface area contributed by atoms with Gasteiger partial charge < -0.3 is 10.6 Å². The molecule has 1 saturated heterocycles. The summed E-state index contributed by atoms with van der Waals surface area (Å²) in [5, 5.41) is 6.82. The third kappa shape index (κ3) is 4.14. The number of unbranched alkanes of at least 4 members (excludes halogenated alkanes) is 1.